The van der Waals surface area contributed by atoms with Crippen molar-refractivity contribution in [2.24, 2.45) is 5.92 Å². The van der Waals surface area contributed by atoms with Gasteiger partial charge in [0.15, 0.2) is 0 Å². The molecule has 0 spiro atoms. The van der Waals surface area contributed by atoms with Gasteiger partial charge in [0.25, 0.3) is 5.69 Å². The average Bonchev–Trinajstić information content (AvgIpc) is 2.34. The number of hydrogen-bond acceptors (Lipinski definition) is 3. The molecular formula is C17H24N2O2. The minimum atomic E-state index is -0.327. The average molecular weight is 288 g/mol. The fourth-order valence-electron chi connectivity index (χ4n) is 4.21. The van der Waals surface area contributed by atoms with Gasteiger partial charge in [-0.3, -0.25) is 10.1 Å². The van der Waals surface area contributed by atoms with Crippen LogP contribution < -0.4 is 4.90 Å². The Bertz CT molecular complexity index is 617. The Balaban J connectivity index is 2.75. The minimum Gasteiger partial charge on any atom is -0.369 e. The van der Waals surface area contributed by atoms with E-state index in [1.54, 1.807) is 12.1 Å². The molecule has 1 unspecified atom stereocenters. The van der Waals surface area contributed by atoms with Crippen molar-refractivity contribution in [2.45, 2.75) is 45.6 Å². The van der Waals surface area contributed by atoms with E-state index in [2.05, 4.69) is 46.2 Å². The second-order valence-corrected chi connectivity index (χ2v) is 7.17. The predicted octanol–water partition coefficient (Wildman–Crippen LogP) is 4.29. The largest absolute Gasteiger partial charge is 0.369 e. The number of fused-ring (bicyclic) bond motifs is 1. The van der Waals surface area contributed by atoms with E-state index in [1.807, 2.05) is 13.0 Å². The summed E-state index contributed by atoms with van der Waals surface area (Å²) in [5, 5.41) is 11.1. The first-order chi connectivity index (χ1) is 9.51. The third-order valence-corrected chi connectivity index (χ3v) is 5.03. The first-order valence-electron chi connectivity index (χ1n) is 7.19. The first kappa shape index (κ1) is 15.5. The number of nitro benzene ring substituents is 1. The summed E-state index contributed by atoms with van der Waals surface area (Å²) in [5.41, 5.74) is 3.03. The van der Waals surface area contributed by atoms with E-state index in [-0.39, 0.29) is 27.5 Å². The smallest absolute Gasteiger partial charge is 0.269 e. The zero-order valence-electron chi connectivity index (χ0n) is 13.7. The lowest BCUT2D eigenvalue weighted by Gasteiger charge is -2.56. The molecule has 114 valence electrons. The second kappa shape index (κ2) is 4.58. The summed E-state index contributed by atoms with van der Waals surface area (Å²) in [4.78, 5) is 13.0. The molecule has 1 atom stereocenters. The minimum absolute atomic E-state index is 0.0987. The van der Waals surface area contributed by atoms with Crippen molar-refractivity contribution in [3.8, 4) is 0 Å². The van der Waals surface area contributed by atoms with E-state index in [9.17, 15) is 10.1 Å². The maximum Gasteiger partial charge on any atom is 0.269 e. The lowest BCUT2D eigenvalue weighted by molar-refractivity contribution is -0.385. The predicted molar refractivity (Wildman–Crippen MR) is 86.9 cm³/mol. The Kier molecular flexibility index (Phi) is 3.39. The van der Waals surface area contributed by atoms with E-state index in [4.69, 9.17) is 0 Å². The zero-order chi connectivity index (χ0) is 16.2. The van der Waals surface area contributed by atoms with Crippen molar-refractivity contribution >= 4 is 11.4 Å². The molecule has 0 amide bonds. The third-order valence-electron chi connectivity index (χ3n) is 5.03. The summed E-state index contributed by atoms with van der Waals surface area (Å²) in [5.74, 6) is 0.213. The van der Waals surface area contributed by atoms with Crippen LogP contribution in [-0.2, 0) is 5.41 Å². The van der Waals surface area contributed by atoms with Crippen molar-refractivity contribution in [3.63, 3.8) is 0 Å². The van der Waals surface area contributed by atoms with Crippen molar-refractivity contribution in [2.75, 3.05) is 11.9 Å². The molecule has 21 heavy (non-hydrogen) atoms. The van der Waals surface area contributed by atoms with Gasteiger partial charge in [-0.2, -0.15) is 0 Å². The van der Waals surface area contributed by atoms with Crippen molar-refractivity contribution < 1.29 is 4.92 Å². The van der Waals surface area contributed by atoms with Crippen LogP contribution in [0.2, 0.25) is 0 Å². The number of nitro groups is 1. The molecule has 0 radical (unpaired) electrons. The quantitative estimate of drug-likeness (QED) is 0.463. The lowest BCUT2D eigenvalue weighted by atomic mass is 9.59. The Morgan fingerprint density at radius 1 is 1.33 bits per heavy atom. The number of anilines is 1. The molecule has 1 aliphatic heterocycles. The van der Waals surface area contributed by atoms with E-state index in [0.717, 1.165) is 16.8 Å². The molecule has 2 rings (SSSR count). The normalized spacial score (nSPS) is 22.6. The highest BCUT2D eigenvalue weighted by Crippen LogP contribution is 2.52. The highest BCUT2D eigenvalue weighted by molar-refractivity contribution is 5.65. The Labute approximate surface area is 126 Å². The summed E-state index contributed by atoms with van der Waals surface area (Å²) in [6, 6.07) is 5.17. The van der Waals surface area contributed by atoms with Gasteiger partial charge < -0.3 is 4.90 Å². The highest BCUT2D eigenvalue weighted by atomic mass is 16.6. The molecule has 0 aliphatic carbocycles. The molecule has 0 fully saturated rings. The maximum absolute atomic E-state index is 11.1. The van der Waals surface area contributed by atoms with Gasteiger partial charge in [-0.1, -0.05) is 26.0 Å². The second-order valence-electron chi connectivity index (χ2n) is 7.17. The van der Waals surface area contributed by atoms with Gasteiger partial charge in [-0.25, -0.2) is 0 Å². The van der Waals surface area contributed by atoms with Crippen LogP contribution in [0.4, 0.5) is 11.4 Å². The van der Waals surface area contributed by atoms with Crippen LogP contribution in [0.5, 0.6) is 0 Å². The first-order valence-corrected chi connectivity index (χ1v) is 7.19. The fraction of sp³-hybridized carbons (Fsp3) is 0.529. The van der Waals surface area contributed by atoms with E-state index >= 15 is 0 Å². The topological polar surface area (TPSA) is 46.4 Å². The number of hydrogen-bond donors (Lipinski definition) is 0. The van der Waals surface area contributed by atoms with Crippen molar-refractivity contribution in [1.29, 1.82) is 0 Å². The van der Waals surface area contributed by atoms with E-state index in [0.29, 0.717) is 0 Å². The Morgan fingerprint density at radius 2 is 1.90 bits per heavy atom. The molecule has 1 aliphatic rings. The van der Waals surface area contributed by atoms with Crippen LogP contribution in [-0.4, -0.2) is 17.5 Å². The van der Waals surface area contributed by atoms with Crippen LogP contribution in [0.1, 0.15) is 40.2 Å². The molecule has 1 aromatic carbocycles. The number of rotatable bonds is 2. The standard InChI is InChI=1S/C17H24N2O2/c1-11(2)15-16(3,4)13-10-12(19(20)21)8-9-14(13)18(7)17(15,5)6/h8-10,15H,1H2,2-7H3. The summed E-state index contributed by atoms with van der Waals surface area (Å²) < 4.78 is 0. The molecule has 0 bridgehead atoms. The third kappa shape index (κ3) is 2.13. The molecule has 0 aromatic heterocycles. The van der Waals surface area contributed by atoms with Crippen LogP contribution in [0.3, 0.4) is 0 Å². The van der Waals surface area contributed by atoms with Gasteiger partial charge >= 0.3 is 0 Å². The van der Waals surface area contributed by atoms with Crippen LogP contribution >= 0.6 is 0 Å². The lowest BCUT2D eigenvalue weighted by Crippen LogP contribution is -2.58. The summed E-state index contributed by atoms with van der Waals surface area (Å²) in [6.45, 7) is 14.9. The van der Waals surface area contributed by atoms with Crippen molar-refractivity contribution in [3.05, 3.63) is 46.0 Å². The van der Waals surface area contributed by atoms with Gasteiger partial charge in [0.05, 0.1) is 4.92 Å². The van der Waals surface area contributed by atoms with Gasteiger partial charge in [-0.05, 0) is 32.4 Å². The fourth-order valence-corrected chi connectivity index (χ4v) is 4.21. The SMILES string of the molecule is C=C(C)C1C(C)(C)c2cc([N+](=O)[O-])ccc2N(C)C1(C)C. The van der Waals surface area contributed by atoms with Gasteiger partial charge in [0, 0.05) is 41.7 Å². The van der Waals surface area contributed by atoms with Crippen molar-refractivity contribution in [1.82, 2.24) is 0 Å². The van der Waals surface area contributed by atoms with Crippen LogP contribution in [0.15, 0.2) is 30.4 Å². The summed E-state index contributed by atoms with van der Waals surface area (Å²) in [6.07, 6.45) is 0. The zero-order valence-corrected chi connectivity index (χ0v) is 13.7. The molecule has 1 heterocycles. The maximum atomic E-state index is 11.1. The highest BCUT2D eigenvalue weighted by Gasteiger charge is 2.50. The molecule has 0 saturated carbocycles. The summed E-state index contributed by atoms with van der Waals surface area (Å²) >= 11 is 0. The summed E-state index contributed by atoms with van der Waals surface area (Å²) in [7, 11) is 2.05. The monoisotopic (exact) mass is 288 g/mol. The molecule has 0 N–H and O–H groups in total. The molecule has 0 saturated heterocycles. The number of nitrogens with zero attached hydrogens (tertiary/aromatic N) is 2. The molecule has 1 aromatic rings. The Hall–Kier alpha value is -1.84. The number of benzene rings is 1. The molecule has 4 heteroatoms. The Morgan fingerprint density at radius 3 is 2.38 bits per heavy atom. The van der Waals surface area contributed by atoms with Gasteiger partial charge in [0.2, 0.25) is 0 Å². The van der Waals surface area contributed by atoms with Gasteiger partial charge in [0.1, 0.15) is 0 Å². The van der Waals surface area contributed by atoms with E-state index in [1.165, 1.54) is 0 Å². The van der Waals surface area contributed by atoms with Gasteiger partial charge in [-0.15, -0.1) is 0 Å². The van der Waals surface area contributed by atoms with Crippen LogP contribution in [0, 0.1) is 16.0 Å². The number of non-ortho nitro benzene ring substituents is 1. The van der Waals surface area contributed by atoms with E-state index < -0.39 is 0 Å². The molecular weight excluding hydrogens is 264 g/mol. The molecule has 4 nitrogen and oxygen atoms in total. The van der Waals surface area contributed by atoms with Crippen LogP contribution in [0.25, 0.3) is 0 Å².